The minimum absolute atomic E-state index is 0.0997. The van der Waals surface area contributed by atoms with Crippen LogP contribution < -0.4 is 10.5 Å². The van der Waals surface area contributed by atoms with E-state index in [4.69, 9.17) is 10.5 Å². The Kier molecular flexibility index (Phi) is 3.71. The van der Waals surface area contributed by atoms with Crippen LogP contribution in [0.25, 0.3) is 5.69 Å². The predicted octanol–water partition coefficient (Wildman–Crippen LogP) is 3.68. The van der Waals surface area contributed by atoms with Gasteiger partial charge in [-0.05, 0) is 31.2 Å². The molecule has 0 fully saturated rings. The zero-order valence-corrected chi connectivity index (χ0v) is 11.8. The topological polar surface area (TPSA) is 53.1 Å². The largest absolute Gasteiger partial charge is 0.455 e. The second-order valence-corrected chi connectivity index (χ2v) is 4.86. The number of ether oxygens (including phenoxy) is 1. The molecule has 21 heavy (non-hydrogen) atoms. The Bertz CT molecular complexity index is 720. The summed E-state index contributed by atoms with van der Waals surface area (Å²) in [7, 11) is 0. The van der Waals surface area contributed by atoms with E-state index in [9.17, 15) is 0 Å². The summed E-state index contributed by atoms with van der Waals surface area (Å²) in [5.74, 6) is 1.57. The third-order valence-electron chi connectivity index (χ3n) is 3.23. The lowest BCUT2D eigenvalue weighted by atomic mass is 10.2. The predicted molar refractivity (Wildman–Crippen MR) is 82.7 cm³/mol. The van der Waals surface area contributed by atoms with Gasteiger partial charge in [-0.2, -0.15) is 0 Å². The lowest BCUT2D eigenvalue weighted by Gasteiger charge is -2.15. The van der Waals surface area contributed by atoms with Gasteiger partial charge < -0.3 is 10.5 Å². The number of hydrogen-bond donors (Lipinski definition) is 1. The monoisotopic (exact) mass is 279 g/mol. The summed E-state index contributed by atoms with van der Waals surface area (Å²) in [6.45, 7) is 1.94. The van der Waals surface area contributed by atoms with Crippen LogP contribution in [-0.2, 0) is 0 Å². The highest BCUT2D eigenvalue weighted by molar-refractivity contribution is 5.49. The van der Waals surface area contributed by atoms with Crippen molar-refractivity contribution < 1.29 is 4.74 Å². The number of imidazole rings is 1. The van der Waals surface area contributed by atoms with Crippen molar-refractivity contribution in [2.75, 3.05) is 0 Å². The van der Waals surface area contributed by atoms with Crippen molar-refractivity contribution in [2.24, 2.45) is 5.73 Å². The number of rotatable bonds is 4. The van der Waals surface area contributed by atoms with E-state index in [-0.39, 0.29) is 6.04 Å². The highest BCUT2D eigenvalue weighted by Gasteiger charge is 2.12. The molecule has 4 heteroatoms. The Hall–Kier alpha value is -2.59. The first-order chi connectivity index (χ1) is 10.3. The first kappa shape index (κ1) is 13.4. The number of para-hydroxylation sites is 3. The molecule has 106 valence electrons. The number of benzene rings is 2. The molecule has 4 nitrogen and oxygen atoms in total. The third-order valence-corrected chi connectivity index (χ3v) is 3.23. The van der Waals surface area contributed by atoms with Gasteiger partial charge in [0.1, 0.15) is 5.75 Å². The molecule has 1 heterocycles. The summed E-state index contributed by atoms with van der Waals surface area (Å²) in [6, 6.07) is 17.5. The van der Waals surface area contributed by atoms with Gasteiger partial charge in [-0.3, -0.25) is 4.57 Å². The van der Waals surface area contributed by atoms with Crippen LogP contribution in [0.15, 0.2) is 67.1 Å². The molecule has 2 aromatic carbocycles. The summed E-state index contributed by atoms with van der Waals surface area (Å²) in [5, 5.41) is 0. The van der Waals surface area contributed by atoms with Crippen LogP contribution in [0.2, 0.25) is 0 Å². The SMILES string of the molecule is C[C@@H](N)c1cncn1-c1ccccc1Oc1ccccc1. The average Bonchev–Trinajstić information content (AvgIpc) is 2.98. The molecule has 0 amide bonds. The minimum atomic E-state index is -0.0997. The fourth-order valence-electron chi connectivity index (χ4n) is 2.20. The van der Waals surface area contributed by atoms with Crippen molar-refractivity contribution in [3.63, 3.8) is 0 Å². The average molecular weight is 279 g/mol. The molecule has 0 saturated carbocycles. The van der Waals surface area contributed by atoms with Gasteiger partial charge in [-0.15, -0.1) is 0 Å². The van der Waals surface area contributed by atoms with Crippen molar-refractivity contribution in [1.29, 1.82) is 0 Å². The van der Waals surface area contributed by atoms with Gasteiger partial charge in [0.15, 0.2) is 5.75 Å². The number of hydrogen-bond acceptors (Lipinski definition) is 3. The summed E-state index contributed by atoms with van der Waals surface area (Å²) in [5.41, 5.74) is 7.86. The third kappa shape index (κ3) is 2.80. The van der Waals surface area contributed by atoms with Crippen LogP contribution >= 0.6 is 0 Å². The van der Waals surface area contributed by atoms with Crippen molar-refractivity contribution >= 4 is 0 Å². The Morgan fingerprint density at radius 1 is 1.05 bits per heavy atom. The Morgan fingerprint density at radius 2 is 1.76 bits per heavy atom. The van der Waals surface area contributed by atoms with Crippen molar-refractivity contribution in [3.8, 4) is 17.2 Å². The van der Waals surface area contributed by atoms with Crippen molar-refractivity contribution in [1.82, 2.24) is 9.55 Å². The Morgan fingerprint density at radius 3 is 2.52 bits per heavy atom. The van der Waals surface area contributed by atoms with Gasteiger partial charge >= 0.3 is 0 Å². The summed E-state index contributed by atoms with van der Waals surface area (Å²) in [4.78, 5) is 4.20. The van der Waals surface area contributed by atoms with E-state index in [1.807, 2.05) is 66.1 Å². The van der Waals surface area contributed by atoms with E-state index in [1.165, 1.54) is 0 Å². The quantitative estimate of drug-likeness (QED) is 0.792. The van der Waals surface area contributed by atoms with Gasteiger partial charge in [0.2, 0.25) is 0 Å². The lowest BCUT2D eigenvalue weighted by molar-refractivity contribution is 0.479. The van der Waals surface area contributed by atoms with Gasteiger partial charge in [-0.1, -0.05) is 30.3 Å². The van der Waals surface area contributed by atoms with Crippen molar-refractivity contribution in [2.45, 2.75) is 13.0 Å². The van der Waals surface area contributed by atoms with E-state index >= 15 is 0 Å². The lowest BCUT2D eigenvalue weighted by Crippen LogP contribution is -2.11. The number of nitrogens with zero attached hydrogens (tertiary/aromatic N) is 2. The summed E-state index contributed by atoms with van der Waals surface area (Å²) < 4.78 is 7.94. The molecular weight excluding hydrogens is 262 g/mol. The molecule has 0 aliphatic carbocycles. The zero-order valence-electron chi connectivity index (χ0n) is 11.8. The van der Waals surface area contributed by atoms with Gasteiger partial charge in [0.25, 0.3) is 0 Å². The first-order valence-electron chi connectivity index (χ1n) is 6.86. The van der Waals surface area contributed by atoms with E-state index in [0.29, 0.717) is 0 Å². The molecule has 0 aliphatic heterocycles. The highest BCUT2D eigenvalue weighted by atomic mass is 16.5. The van der Waals surface area contributed by atoms with Crippen LogP contribution in [0.5, 0.6) is 11.5 Å². The normalized spacial score (nSPS) is 12.1. The second-order valence-electron chi connectivity index (χ2n) is 4.86. The molecular formula is C17H17N3O. The highest BCUT2D eigenvalue weighted by Crippen LogP contribution is 2.29. The maximum atomic E-state index is 6.00. The molecule has 0 saturated heterocycles. The fraction of sp³-hybridized carbons (Fsp3) is 0.118. The molecule has 2 N–H and O–H groups in total. The molecule has 1 atom stereocenters. The van der Waals surface area contributed by atoms with Gasteiger partial charge in [-0.25, -0.2) is 4.98 Å². The van der Waals surface area contributed by atoms with Crippen molar-refractivity contribution in [3.05, 3.63) is 72.8 Å². The molecule has 3 rings (SSSR count). The summed E-state index contributed by atoms with van der Waals surface area (Å²) in [6.07, 6.45) is 3.54. The Balaban J connectivity index is 2.02. The second kappa shape index (κ2) is 5.81. The number of nitrogens with two attached hydrogens (primary N) is 1. The van der Waals surface area contributed by atoms with Crippen LogP contribution in [-0.4, -0.2) is 9.55 Å². The fourth-order valence-corrected chi connectivity index (χ4v) is 2.20. The molecule has 0 spiro atoms. The van der Waals surface area contributed by atoms with Gasteiger partial charge in [0, 0.05) is 6.04 Å². The Labute approximate surface area is 123 Å². The maximum Gasteiger partial charge on any atom is 0.151 e. The minimum Gasteiger partial charge on any atom is -0.455 e. The molecule has 0 radical (unpaired) electrons. The standard InChI is InChI=1S/C17H17N3O/c1-13(18)16-11-19-12-20(16)15-9-5-6-10-17(15)21-14-7-3-2-4-8-14/h2-13H,18H2,1H3/t13-/m1/s1. The summed E-state index contributed by atoms with van der Waals surface area (Å²) >= 11 is 0. The molecule has 3 aromatic rings. The number of aromatic nitrogens is 2. The molecule has 0 aliphatic rings. The van der Waals surface area contributed by atoms with Gasteiger partial charge in [0.05, 0.1) is 23.9 Å². The maximum absolute atomic E-state index is 6.00. The zero-order chi connectivity index (χ0) is 14.7. The van der Waals surface area contributed by atoms with E-state index in [1.54, 1.807) is 12.5 Å². The van der Waals surface area contributed by atoms with E-state index in [2.05, 4.69) is 4.98 Å². The molecule has 0 unspecified atom stereocenters. The smallest absolute Gasteiger partial charge is 0.151 e. The van der Waals surface area contributed by atoms with E-state index in [0.717, 1.165) is 22.9 Å². The van der Waals surface area contributed by atoms with Crippen LogP contribution in [0.3, 0.4) is 0 Å². The van der Waals surface area contributed by atoms with E-state index < -0.39 is 0 Å². The molecule has 0 bridgehead atoms. The van der Waals surface area contributed by atoms with Crippen LogP contribution in [0.4, 0.5) is 0 Å². The first-order valence-corrected chi connectivity index (χ1v) is 6.86. The van der Waals surface area contributed by atoms with Crippen LogP contribution in [0.1, 0.15) is 18.7 Å². The molecule has 1 aromatic heterocycles. The van der Waals surface area contributed by atoms with Crippen LogP contribution in [0, 0.1) is 0 Å².